The van der Waals surface area contributed by atoms with Gasteiger partial charge in [-0.3, -0.25) is 4.79 Å². The van der Waals surface area contributed by atoms with E-state index in [9.17, 15) is 4.79 Å². The molecule has 5 nitrogen and oxygen atoms in total. The van der Waals surface area contributed by atoms with Gasteiger partial charge in [0.05, 0.1) is 10.6 Å². The quantitative estimate of drug-likeness (QED) is 0.900. The van der Waals surface area contributed by atoms with Crippen molar-refractivity contribution < 1.29 is 9.53 Å². The van der Waals surface area contributed by atoms with Gasteiger partial charge in [-0.2, -0.15) is 5.26 Å². The number of rotatable bonds is 4. The Morgan fingerprint density at radius 2 is 2.24 bits per heavy atom. The minimum atomic E-state index is -0.378. The third-order valence-corrected chi connectivity index (χ3v) is 3.13. The van der Waals surface area contributed by atoms with Crippen LogP contribution in [0.1, 0.15) is 5.56 Å². The summed E-state index contributed by atoms with van der Waals surface area (Å²) in [5, 5.41) is 12.0. The Balaban J connectivity index is 1.95. The second-order valence-electron chi connectivity index (χ2n) is 3.95. The maximum Gasteiger partial charge on any atom is 0.263 e. The summed E-state index contributed by atoms with van der Waals surface area (Å²) in [6, 6.07) is 10.2. The average Bonchev–Trinajstić information content (AvgIpc) is 2.48. The smallest absolute Gasteiger partial charge is 0.263 e. The molecule has 1 N–H and O–H groups in total. The van der Waals surface area contributed by atoms with Gasteiger partial charge >= 0.3 is 0 Å². The predicted molar refractivity (Wildman–Crippen MR) is 82.2 cm³/mol. The summed E-state index contributed by atoms with van der Waals surface area (Å²) in [4.78, 5) is 15.7. The molecule has 0 radical (unpaired) electrons. The van der Waals surface area contributed by atoms with Crippen LogP contribution in [0.2, 0.25) is 5.02 Å². The summed E-state index contributed by atoms with van der Waals surface area (Å²) >= 11 is 8.96. The first-order chi connectivity index (χ1) is 10.1. The minimum Gasteiger partial charge on any atom is -0.482 e. The number of carbonyl (C=O) groups excluding carboxylic acids is 1. The number of pyridine rings is 1. The number of carbonyl (C=O) groups is 1. The third kappa shape index (κ3) is 4.45. The maximum absolute atomic E-state index is 11.7. The van der Waals surface area contributed by atoms with Crippen LogP contribution >= 0.6 is 27.5 Å². The molecule has 0 saturated heterocycles. The number of hydrogen-bond acceptors (Lipinski definition) is 4. The van der Waals surface area contributed by atoms with Crippen molar-refractivity contribution in [1.82, 2.24) is 4.98 Å². The molecule has 0 aliphatic heterocycles. The first-order valence-electron chi connectivity index (χ1n) is 5.82. The predicted octanol–water partition coefficient (Wildman–Crippen LogP) is 3.39. The molecule has 0 fully saturated rings. The van der Waals surface area contributed by atoms with Crippen LogP contribution in [-0.2, 0) is 4.79 Å². The molecule has 0 atom stereocenters. The lowest BCUT2D eigenvalue weighted by Gasteiger charge is -2.08. The van der Waals surface area contributed by atoms with E-state index in [1.807, 2.05) is 6.07 Å². The fourth-order valence-corrected chi connectivity index (χ4v) is 1.96. The number of ether oxygens (including phenoxy) is 1. The van der Waals surface area contributed by atoms with E-state index in [0.717, 1.165) is 4.47 Å². The van der Waals surface area contributed by atoms with Gasteiger partial charge in [-0.25, -0.2) is 4.98 Å². The van der Waals surface area contributed by atoms with Crippen LogP contribution in [-0.4, -0.2) is 17.5 Å². The molecule has 1 heterocycles. The largest absolute Gasteiger partial charge is 0.482 e. The van der Waals surface area contributed by atoms with Gasteiger partial charge < -0.3 is 10.1 Å². The third-order valence-electron chi connectivity index (χ3n) is 2.42. The zero-order valence-corrected chi connectivity index (χ0v) is 13.0. The number of aromatic nitrogens is 1. The molecule has 0 aliphatic carbocycles. The fourth-order valence-electron chi connectivity index (χ4n) is 1.49. The van der Waals surface area contributed by atoms with Crippen LogP contribution in [0.25, 0.3) is 0 Å². The molecule has 106 valence electrons. The van der Waals surface area contributed by atoms with Crippen LogP contribution in [0.5, 0.6) is 5.75 Å². The maximum atomic E-state index is 11.7. The van der Waals surface area contributed by atoms with Crippen LogP contribution in [0.3, 0.4) is 0 Å². The summed E-state index contributed by atoms with van der Waals surface area (Å²) < 4.78 is 6.10. The van der Waals surface area contributed by atoms with E-state index in [4.69, 9.17) is 21.6 Å². The van der Waals surface area contributed by atoms with Crippen molar-refractivity contribution in [1.29, 1.82) is 5.26 Å². The van der Waals surface area contributed by atoms with Crippen molar-refractivity contribution in [3.63, 3.8) is 0 Å². The molecular formula is C14H9BrClN3O2. The molecule has 1 amide bonds. The van der Waals surface area contributed by atoms with Crippen molar-refractivity contribution in [3.05, 3.63) is 51.6 Å². The molecular weight excluding hydrogens is 358 g/mol. The van der Waals surface area contributed by atoms with Crippen molar-refractivity contribution in [3.8, 4) is 11.8 Å². The van der Waals surface area contributed by atoms with Gasteiger partial charge in [0.2, 0.25) is 0 Å². The fraction of sp³-hybridized carbons (Fsp3) is 0.0714. The van der Waals surface area contributed by atoms with Gasteiger partial charge in [0.1, 0.15) is 17.6 Å². The van der Waals surface area contributed by atoms with E-state index < -0.39 is 0 Å². The Hall–Kier alpha value is -2.10. The second kappa shape index (κ2) is 7.07. The summed E-state index contributed by atoms with van der Waals surface area (Å²) in [5.41, 5.74) is 0.349. The molecule has 0 unspecified atom stereocenters. The lowest BCUT2D eigenvalue weighted by molar-refractivity contribution is -0.118. The van der Waals surface area contributed by atoms with E-state index in [-0.39, 0.29) is 12.5 Å². The van der Waals surface area contributed by atoms with Gasteiger partial charge in [0, 0.05) is 10.7 Å². The van der Waals surface area contributed by atoms with E-state index in [1.165, 1.54) is 6.20 Å². The van der Waals surface area contributed by atoms with Gasteiger partial charge in [-0.05, 0) is 30.3 Å². The highest BCUT2D eigenvalue weighted by atomic mass is 79.9. The highest BCUT2D eigenvalue weighted by molar-refractivity contribution is 9.10. The summed E-state index contributed by atoms with van der Waals surface area (Å²) in [6.07, 6.45) is 1.43. The number of nitrogens with one attached hydrogen (secondary N) is 1. The number of amides is 1. The van der Waals surface area contributed by atoms with Crippen molar-refractivity contribution in [2.45, 2.75) is 0 Å². The Bertz CT molecular complexity index is 698. The molecule has 2 rings (SSSR count). The number of nitrogens with zero attached hydrogens (tertiary/aromatic N) is 2. The first-order valence-corrected chi connectivity index (χ1v) is 6.99. The average molecular weight is 367 g/mol. The topological polar surface area (TPSA) is 75.0 Å². The van der Waals surface area contributed by atoms with Crippen LogP contribution in [0, 0.1) is 11.3 Å². The molecule has 1 aromatic heterocycles. The minimum absolute atomic E-state index is 0.222. The van der Waals surface area contributed by atoms with E-state index >= 15 is 0 Å². The highest BCUT2D eigenvalue weighted by Gasteiger charge is 2.08. The molecule has 0 bridgehead atoms. The Labute approximate surface area is 134 Å². The Morgan fingerprint density at radius 3 is 2.90 bits per heavy atom. The molecule has 1 aromatic carbocycles. The number of nitriles is 1. The van der Waals surface area contributed by atoms with Crippen LogP contribution in [0.15, 0.2) is 41.0 Å². The lowest BCUT2D eigenvalue weighted by Crippen LogP contribution is -2.21. The SMILES string of the molecule is N#Cc1cc(Br)ccc1OCC(=O)Nc1ccc(Cl)cn1. The lowest BCUT2D eigenvalue weighted by atomic mass is 10.2. The summed E-state index contributed by atoms with van der Waals surface area (Å²) in [6.45, 7) is -0.222. The number of benzene rings is 1. The number of anilines is 1. The van der Waals surface area contributed by atoms with Crippen LogP contribution < -0.4 is 10.1 Å². The first kappa shape index (κ1) is 15.3. The molecule has 0 spiro atoms. The standard InChI is InChI=1S/C14H9BrClN3O2/c15-10-1-3-12(9(5-10)6-17)21-8-14(20)19-13-4-2-11(16)7-18-13/h1-5,7H,8H2,(H,18,19,20). The van der Waals surface area contributed by atoms with Crippen molar-refractivity contribution >= 4 is 39.3 Å². The number of halogens is 2. The van der Waals surface area contributed by atoms with E-state index in [1.54, 1.807) is 30.3 Å². The van der Waals surface area contributed by atoms with Gasteiger partial charge in [0.25, 0.3) is 5.91 Å². The van der Waals surface area contributed by atoms with E-state index in [0.29, 0.717) is 22.2 Å². The molecule has 21 heavy (non-hydrogen) atoms. The molecule has 7 heteroatoms. The van der Waals surface area contributed by atoms with Gasteiger partial charge in [-0.15, -0.1) is 0 Å². The number of hydrogen-bond donors (Lipinski definition) is 1. The van der Waals surface area contributed by atoms with Crippen LogP contribution in [0.4, 0.5) is 5.82 Å². The molecule has 2 aromatic rings. The van der Waals surface area contributed by atoms with Gasteiger partial charge in [0.15, 0.2) is 6.61 Å². The molecule has 0 aliphatic rings. The Kier molecular flexibility index (Phi) is 5.14. The summed E-state index contributed by atoms with van der Waals surface area (Å²) in [7, 11) is 0. The van der Waals surface area contributed by atoms with Crippen molar-refractivity contribution in [2.75, 3.05) is 11.9 Å². The Morgan fingerprint density at radius 1 is 1.43 bits per heavy atom. The summed E-state index contributed by atoms with van der Waals surface area (Å²) in [5.74, 6) is 0.348. The van der Waals surface area contributed by atoms with Gasteiger partial charge in [-0.1, -0.05) is 27.5 Å². The monoisotopic (exact) mass is 365 g/mol. The van der Waals surface area contributed by atoms with Crippen molar-refractivity contribution in [2.24, 2.45) is 0 Å². The van der Waals surface area contributed by atoms with E-state index in [2.05, 4.69) is 26.2 Å². The zero-order chi connectivity index (χ0) is 15.2. The normalized spacial score (nSPS) is 9.76. The molecule has 0 saturated carbocycles. The zero-order valence-electron chi connectivity index (χ0n) is 10.6. The highest BCUT2D eigenvalue weighted by Crippen LogP contribution is 2.22. The second-order valence-corrected chi connectivity index (χ2v) is 5.30.